The number of carbonyl (C=O) groups is 1. The Labute approximate surface area is 829 Å². The average Bonchev–Trinajstić information content (AvgIpc) is 0.754. The van der Waals surface area contributed by atoms with Gasteiger partial charge in [0.15, 0.2) is 0 Å². The lowest BCUT2D eigenvalue weighted by atomic mass is 10.1. The first-order valence-electron chi connectivity index (χ1n) is 54.0. The Morgan fingerprint density at radius 2 is 0.636 bits per heavy atom. The quantitative estimate of drug-likeness (QED) is 0.0147. The topological polar surface area (TPSA) is 113 Å². The molecule has 0 aliphatic carbocycles. The maximum atomic E-state index is 10.4. The minimum atomic E-state index is -2.40. The third-order valence-corrected chi connectivity index (χ3v) is 35.9. The van der Waals surface area contributed by atoms with Crippen LogP contribution in [0, 0.1) is 24.2 Å². The van der Waals surface area contributed by atoms with Gasteiger partial charge in [-0.05, 0) is 189 Å². The zero-order valence-electron chi connectivity index (χ0n) is 88.2. The van der Waals surface area contributed by atoms with E-state index in [-0.39, 0.29) is 23.6 Å². The number of alkyl halides is 1. The third kappa shape index (κ3) is 69.4. The van der Waals surface area contributed by atoms with Crippen LogP contribution in [-0.2, 0) is 32.6 Å². The molecule has 0 spiro atoms. The molecule has 9 nitrogen and oxygen atoms in total. The van der Waals surface area contributed by atoms with Crippen molar-refractivity contribution in [2.75, 3.05) is 25.2 Å². The molecular weight excluding hydrogens is 1720 g/mol. The number of carboxylic acid groups (broad SMARTS) is 1. The van der Waals surface area contributed by atoms with Gasteiger partial charge < -0.3 is 38.0 Å². The highest BCUT2D eigenvalue weighted by Crippen LogP contribution is 2.39. The highest BCUT2D eigenvalue weighted by molar-refractivity contribution is 9.09. The fourth-order valence-electron chi connectivity index (χ4n) is 17.3. The summed E-state index contributed by atoms with van der Waals surface area (Å²) in [5, 5.41) is 23.8. The molecule has 132 heavy (non-hydrogen) atoms. The van der Waals surface area contributed by atoms with Crippen LogP contribution in [0.5, 0.6) is 0 Å². The number of aliphatic carboxylic acids is 1. The second-order valence-electron chi connectivity index (χ2n) is 39.9. The average molecular weight is 1930 g/mol. The molecular formula is C120H209BrO9Si2. The molecule has 758 valence electrons. The smallest absolute Gasteiger partial charge is 0.303 e. The first-order valence-corrected chi connectivity index (χ1v) is 58.9. The molecule has 0 radical (unpaired) electrons. The molecule has 0 aromatic heterocycles. The van der Waals surface area contributed by atoms with Crippen molar-refractivity contribution in [3.63, 3.8) is 0 Å². The molecule has 0 saturated carbocycles. The number of hydrogen-bond acceptors (Lipinski definition) is 8. The van der Waals surface area contributed by atoms with Crippen LogP contribution in [0.1, 0.15) is 479 Å². The summed E-state index contributed by atoms with van der Waals surface area (Å²) in [6.07, 6.45) is 82.3. The van der Waals surface area contributed by atoms with Crippen LogP contribution < -0.4 is 20.7 Å². The lowest BCUT2D eigenvalue weighted by molar-refractivity contribution is -0.137. The normalized spacial score (nSPS) is 13.5. The molecule has 12 heteroatoms. The minimum absolute atomic E-state index is 0. The van der Waals surface area contributed by atoms with E-state index in [1.807, 2.05) is 0 Å². The molecule has 8 unspecified atom stereocenters. The number of rotatable bonds is 75. The van der Waals surface area contributed by atoms with E-state index in [0.717, 1.165) is 108 Å². The predicted octanol–water partition coefficient (Wildman–Crippen LogP) is 34.3. The monoisotopic (exact) mass is 1930 g/mol. The van der Waals surface area contributed by atoms with Crippen molar-refractivity contribution in [1.29, 1.82) is 0 Å². The summed E-state index contributed by atoms with van der Waals surface area (Å²) in [6.45, 7) is 42.5. The van der Waals surface area contributed by atoms with E-state index < -0.39 is 22.6 Å². The van der Waals surface area contributed by atoms with E-state index in [0.29, 0.717) is 55.8 Å². The first kappa shape index (κ1) is 130. The summed E-state index contributed by atoms with van der Waals surface area (Å²) in [6, 6.07) is 43.7. The number of aliphatic hydroxyl groups excluding tert-OH is 1. The number of halogens is 1. The van der Waals surface area contributed by atoms with Gasteiger partial charge in [-0.1, -0.05) is 457 Å². The van der Waals surface area contributed by atoms with Gasteiger partial charge in [-0.3, -0.25) is 4.79 Å². The summed E-state index contributed by atoms with van der Waals surface area (Å²) >= 11 is 3.42. The predicted molar refractivity (Wildman–Crippen MR) is 589 cm³/mol. The molecule has 0 heterocycles. The summed E-state index contributed by atoms with van der Waals surface area (Å²) in [7, 11) is -4.76. The molecule has 4 aromatic carbocycles. The molecule has 4 rings (SSSR count). The van der Waals surface area contributed by atoms with E-state index in [2.05, 4.69) is 304 Å². The number of carboxylic acids is 1. The molecule has 0 amide bonds. The van der Waals surface area contributed by atoms with Gasteiger partial charge in [-0.2, -0.15) is 0 Å². The Kier molecular flexibility index (Phi) is 87.6. The highest BCUT2D eigenvalue weighted by atomic mass is 79.9. The van der Waals surface area contributed by atoms with Crippen molar-refractivity contribution in [3.8, 4) is 24.2 Å². The summed E-state index contributed by atoms with van der Waals surface area (Å²) in [5.41, 5.74) is 0. The van der Waals surface area contributed by atoms with Crippen LogP contribution in [0.25, 0.3) is 0 Å². The third-order valence-electron chi connectivity index (χ3n) is 24.9. The second kappa shape index (κ2) is 89.2. The van der Waals surface area contributed by atoms with E-state index in [4.69, 9.17) is 44.4 Å². The van der Waals surface area contributed by atoms with E-state index in [1.54, 1.807) is 0 Å². The summed E-state index contributed by atoms with van der Waals surface area (Å²) in [4.78, 5) is 10.4. The molecule has 4 aromatic rings. The van der Waals surface area contributed by atoms with Gasteiger partial charge in [0.1, 0.15) is 0 Å². The number of unbranched alkanes of at least 4 members (excludes halogenated alkanes) is 38. The van der Waals surface area contributed by atoms with Crippen LogP contribution in [0.15, 0.2) is 146 Å². The molecule has 0 fully saturated rings. The van der Waals surface area contributed by atoms with Crippen molar-refractivity contribution in [2.24, 2.45) is 0 Å². The Morgan fingerprint density at radius 3 is 0.947 bits per heavy atom. The number of terminal acetylenes is 1. The van der Waals surface area contributed by atoms with Gasteiger partial charge in [-0.25, -0.2) is 0 Å². The summed E-state index contributed by atoms with van der Waals surface area (Å²) < 4.78 is 38.0. The molecule has 0 aliphatic heterocycles. The Bertz CT molecular complexity index is 3210. The van der Waals surface area contributed by atoms with Crippen molar-refractivity contribution < 1.29 is 42.8 Å². The van der Waals surface area contributed by atoms with Gasteiger partial charge >= 0.3 is 5.97 Å². The second-order valence-corrected chi connectivity index (χ2v) is 49.2. The van der Waals surface area contributed by atoms with Crippen LogP contribution in [-0.4, -0.2) is 107 Å². The maximum Gasteiger partial charge on any atom is 0.303 e. The van der Waals surface area contributed by atoms with Gasteiger partial charge in [-0.15, -0.1) is 24.2 Å². The highest BCUT2D eigenvalue weighted by Gasteiger charge is 2.51. The van der Waals surface area contributed by atoms with Crippen LogP contribution in [0.3, 0.4) is 0 Å². The molecule has 0 saturated heterocycles. The molecule has 0 aliphatic rings. The van der Waals surface area contributed by atoms with Crippen LogP contribution in [0.2, 0.25) is 10.1 Å². The fraction of sp³-hybridized carbons (Fsp3) is 0.725. The fourth-order valence-corrected chi connectivity index (χ4v) is 26.7. The number of allylic oxidation sites excluding steroid dienone is 2. The van der Waals surface area contributed by atoms with Gasteiger partial charge in [0.05, 0.1) is 48.8 Å². The Balaban J connectivity index is 0. The van der Waals surface area contributed by atoms with Crippen molar-refractivity contribution >= 4 is 59.3 Å². The summed E-state index contributed by atoms with van der Waals surface area (Å²) in [5.74, 6) is 8.79. The SMILES string of the molecule is C.C#CCCCCCCCO[Si](c1ccccc1)(c1ccccc1)C(C)(C)C.CCCCCCCC(C)OC(C)CBr.CCCCCCCCC(C)OC(C)C/C=C\CCCCCCC(=O)O.CCCCCCCCC(C)OC(C)C/C=C\CCCCCCCO.CCCCCCCCC(C)OC(C)CC#CCCCCCCCO[Si](c1ccccc1)(c1ccccc1)C(C)(C)C. The number of ether oxygens (including phenoxy) is 4. The zero-order chi connectivity index (χ0) is 96.9. The lowest BCUT2D eigenvalue weighted by Gasteiger charge is -2.43. The van der Waals surface area contributed by atoms with E-state index in [9.17, 15) is 4.79 Å². The first-order chi connectivity index (χ1) is 63.3. The number of benzene rings is 4. The number of hydrogen-bond donors (Lipinski definition) is 2. The van der Waals surface area contributed by atoms with Crippen molar-refractivity contribution in [2.45, 2.75) is 538 Å². The largest absolute Gasteiger partial charge is 0.481 e. The minimum Gasteiger partial charge on any atom is -0.481 e. The molecule has 8 atom stereocenters. The molecule has 0 bridgehead atoms. The van der Waals surface area contributed by atoms with E-state index in [1.165, 1.54) is 271 Å². The Morgan fingerprint density at radius 1 is 0.356 bits per heavy atom. The maximum absolute atomic E-state index is 10.4. The zero-order valence-corrected chi connectivity index (χ0v) is 91.8. The van der Waals surface area contributed by atoms with Crippen LogP contribution in [0.4, 0.5) is 0 Å². The van der Waals surface area contributed by atoms with Gasteiger partial charge in [0.2, 0.25) is 0 Å². The van der Waals surface area contributed by atoms with Gasteiger partial charge in [0, 0.05) is 50.8 Å². The Hall–Kier alpha value is -4.42. The number of aliphatic hydroxyl groups is 1. The van der Waals surface area contributed by atoms with Gasteiger partial charge in [0.25, 0.3) is 16.6 Å². The molecule has 2 N–H and O–H groups in total. The van der Waals surface area contributed by atoms with Crippen LogP contribution >= 0.6 is 15.9 Å². The van der Waals surface area contributed by atoms with Crippen molar-refractivity contribution in [1.82, 2.24) is 0 Å². The van der Waals surface area contributed by atoms with E-state index >= 15 is 0 Å². The standard InChI is InChI=1S/C38H60O2Si.C25H34OSi.C22H42O3.C22H44O2.C12H25BrO.CH4/c1-7-8-9-10-15-20-27-34(2)40-35(3)28-21-16-13-11-12-14-17-26-33-39-41(38(4,5)6,36-29-22-18-23-30-36)37-31-24-19-25-32-37;1-5-6-7-8-9-10-17-22-26-27(25(2,3)4,23-18-13-11-14-19-23)24-20-15-12-16-21-24;1-4-5-6-7-11-14-17-20(2)25-21(3)18-15-12-9-8-10-13-16-19-22(23)24;1-4-5-6-7-12-15-18-21(2)24-22(3)19-16-13-10-8-9-11-14-17-20-23;1-4-5-6-7-8-9-11(2)14-12(3)10-13;/h18-19,22-25,29-32,34-35H,7-15,17,20,26-28,33H2,1-6H3;1,11-16,18-21H,6-10,17,22H2,2-4H3;12,15,20-21H,4-11,13-14,16-19H2,1-3H3,(H,23,24);13,16,21-23H,4-12,14-15,17-20H2,1-3H3;11-12H,4-10H2,1-3H3;1H4/b;;15-12-;16-13-;;. The van der Waals surface area contributed by atoms with Crippen molar-refractivity contribution in [3.05, 3.63) is 146 Å². The lowest BCUT2D eigenvalue weighted by Crippen LogP contribution is -2.66.